The first-order valence-electron chi connectivity index (χ1n) is 5.82. The van der Waals surface area contributed by atoms with E-state index in [9.17, 15) is 4.39 Å². The Kier molecular flexibility index (Phi) is 2.86. The summed E-state index contributed by atoms with van der Waals surface area (Å²) in [5.41, 5.74) is 6.49. The molecule has 0 bridgehead atoms. The summed E-state index contributed by atoms with van der Waals surface area (Å²) in [6.07, 6.45) is 1.61. The van der Waals surface area contributed by atoms with Gasteiger partial charge in [-0.1, -0.05) is 5.16 Å². The van der Waals surface area contributed by atoms with Gasteiger partial charge in [-0.05, 0) is 31.2 Å². The molecule has 3 aromatic rings. The quantitative estimate of drug-likeness (QED) is 0.719. The number of aromatic nitrogens is 4. The van der Waals surface area contributed by atoms with Crippen LogP contribution in [-0.2, 0) is 0 Å². The van der Waals surface area contributed by atoms with Crippen LogP contribution >= 0.6 is 0 Å². The molecule has 0 amide bonds. The van der Waals surface area contributed by atoms with Crippen LogP contribution in [0.15, 0.2) is 35.0 Å². The average molecular weight is 271 g/mol. The summed E-state index contributed by atoms with van der Waals surface area (Å²) in [7, 11) is 0. The maximum Gasteiger partial charge on any atom is 0.258 e. The fourth-order valence-corrected chi connectivity index (χ4v) is 1.69. The van der Waals surface area contributed by atoms with Crippen molar-refractivity contribution >= 4 is 5.69 Å². The number of aryl methyl sites for hydroxylation is 1. The lowest BCUT2D eigenvalue weighted by Crippen LogP contribution is -1.92. The lowest BCUT2D eigenvalue weighted by molar-refractivity contribution is 0.432. The summed E-state index contributed by atoms with van der Waals surface area (Å²) >= 11 is 0. The van der Waals surface area contributed by atoms with E-state index >= 15 is 0 Å². The normalized spacial score (nSPS) is 10.7. The molecule has 20 heavy (non-hydrogen) atoms. The molecule has 100 valence electrons. The zero-order chi connectivity index (χ0) is 14.1. The second-order valence-electron chi connectivity index (χ2n) is 4.15. The van der Waals surface area contributed by atoms with Gasteiger partial charge >= 0.3 is 0 Å². The predicted molar refractivity (Wildman–Crippen MR) is 69.9 cm³/mol. The molecular weight excluding hydrogens is 261 g/mol. The summed E-state index contributed by atoms with van der Waals surface area (Å²) in [6, 6.07) is 5.98. The largest absolute Gasteiger partial charge is 0.396 e. The van der Waals surface area contributed by atoms with Crippen molar-refractivity contribution in [3.63, 3.8) is 0 Å². The second-order valence-corrected chi connectivity index (χ2v) is 4.15. The molecule has 0 aliphatic rings. The van der Waals surface area contributed by atoms with E-state index in [-0.39, 0.29) is 11.6 Å². The van der Waals surface area contributed by atoms with Gasteiger partial charge in [0.25, 0.3) is 5.89 Å². The molecule has 0 saturated carbocycles. The number of anilines is 1. The number of nitrogen functional groups attached to an aromatic ring is 1. The third-order valence-electron chi connectivity index (χ3n) is 2.68. The van der Waals surface area contributed by atoms with Crippen LogP contribution in [0.5, 0.6) is 0 Å². The highest BCUT2D eigenvalue weighted by atomic mass is 19.1. The van der Waals surface area contributed by atoms with Crippen molar-refractivity contribution in [2.24, 2.45) is 0 Å². The SMILES string of the molecule is Cc1nccc(-c2noc(-c3ccc(N)c(F)c3)n2)n1. The number of nitrogens with zero attached hydrogens (tertiary/aromatic N) is 4. The Balaban J connectivity index is 1.99. The maximum atomic E-state index is 13.4. The van der Waals surface area contributed by atoms with Gasteiger partial charge in [-0.3, -0.25) is 0 Å². The van der Waals surface area contributed by atoms with Crippen molar-refractivity contribution in [3.05, 3.63) is 42.1 Å². The number of halogens is 1. The van der Waals surface area contributed by atoms with Crippen LogP contribution in [0.4, 0.5) is 10.1 Å². The van der Waals surface area contributed by atoms with E-state index in [1.54, 1.807) is 25.3 Å². The van der Waals surface area contributed by atoms with E-state index in [4.69, 9.17) is 10.3 Å². The van der Waals surface area contributed by atoms with Crippen molar-refractivity contribution in [1.82, 2.24) is 20.1 Å². The van der Waals surface area contributed by atoms with Crippen LogP contribution in [0.1, 0.15) is 5.82 Å². The lowest BCUT2D eigenvalue weighted by atomic mass is 10.2. The molecule has 0 saturated heterocycles. The van der Waals surface area contributed by atoms with E-state index in [0.29, 0.717) is 22.9 Å². The molecule has 0 unspecified atom stereocenters. The van der Waals surface area contributed by atoms with E-state index < -0.39 is 5.82 Å². The summed E-state index contributed by atoms with van der Waals surface area (Å²) < 4.78 is 18.5. The summed E-state index contributed by atoms with van der Waals surface area (Å²) in [6.45, 7) is 1.76. The van der Waals surface area contributed by atoms with Crippen LogP contribution in [-0.4, -0.2) is 20.1 Å². The minimum Gasteiger partial charge on any atom is -0.396 e. The zero-order valence-corrected chi connectivity index (χ0v) is 10.5. The number of benzene rings is 1. The van der Waals surface area contributed by atoms with Gasteiger partial charge in [0.1, 0.15) is 17.3 Å². The minimum atomic E-state index is -0.528. The van der Waals surface area contributed by atoms with Gasteiger partial charge in [-0.15, -0.1) is 0 Å². The standard InChI is InChI=1S/C13H10FN5O/c1-7-16-5-4-11(17-7)12-18-13(20-19-12)8-2-3-10(15)9(14)6-8/h2-6H,15H2,1H3. The monoisotopic (exact) mass is 271 g/mol. The third kappa shape index (κ3) is 2.20. The van der Waals surface area contributed by atoms with Gasteiger partial charge in [0.2, 0.25) is 5.82 Å². The number of hydrogen-bond acceptors (Lipinski definition) is 6. The fourth-order valence-electron chi connectivity index (χ4n) is 1.69. The second kappa shape index (κ2) is 4.69. The highest BCUT2D eigenvalue weighted by Gasteiger charge is 2.13. The van der Waals surface area contributed by atoms with Crippen molar-refractivity contribution in [3.8, 4) is 23.0 Å². The third-order valence-corrected chi connectivity index (χ3v) is 2.68. The first-order valence-corrected chi connectivity index (χ1v) is 5.82. The Morgan fingerprint density at radius 2 is 2.05 bits per heavy atom. The molecule has 1 aromatic carbocycles. The van der Waals surface area contributed by atoms with Gasteiger partial charge in [-0.25, -0.2) is 14.4 Å². The number of hydrogen-bond donors (Lipinski definition) is 1. The van der Waals surface area contributed by atoms with Crippen LogP contribution in [0.25, 0.3) is 23.0 Å². The first-order chi connectivity index (χ1) is 9.63. The maximum absolute atomic E-state index is 13.4. The number of rotatable bonds is 2. The summed E-state index contributed by atoms with van der Waals surface area (Å²) in [4.78, 5) is 12.4. The highest BCUT2D eigenvalue weighted by Crippen LogP contribution is 2.23. The van der Waals surface area contributed by atoms with Crippen molar-refractivity contribution in [2.45, 2.75) is 6.92 Å². The molecule has 2 heterocycles. The fraction of sp³-hybridized carbons (Fsp3) is 0.0769. The summed E-state index contributed by atoms with van der Waals surface area (Å²) in [5, 5.41) is 3.83. The Morgan fingerprint density at radius 1 is 1.20 bits per heavy atom. The first kappa shape index (κ1) is 12.2. The topological polar surface area (TPSA) is 90.7 Å². The van der Waals surface area contributed by atoms with Crippen molar-refractivity contribution in [2.75, 3.05) is 5.73 Å². The molecule has 2 aromatic heterocycles. The van der Waals surface area contributed by atoms with Gasteiger partial charge in [0.05, 0.1) is 5.69 Å². The molecule has 6 nitrogen and oxygen atoms in total. The molecule has 0 atom stereocenters. The predicted octanol–water partition coefficient (Wildman–Crippen LogP) is 2.22. The molecule has 7 heteroatoms. The molecule has 2 N–H and O–H groups in total. The molecule has 0 aliphatic heterocycles. The Hall–Kier alpha value is -2.83. The Labute approximate surface area is 113 Å². The molecule has 0 fully saturated rings. The van der Waals surface area contributed by atoms with E-state index in [1.807, 2.05) is 0 Å². The van der Waals surface area contributed by atoms with Gasteiger partial charge in [-0.2, -0.15) is 4.98 Å². The molecule has 0 radical (unpaired) electrons. The Bertz CT molecular complexity index is 771. The van der Waals surface area contributed by atoms with Crippen LogP contribution in [0, 0.1) is 12.7 Å². The lowest BCUT2D eigenvalue weighted by Gasteiger charge is -1.97. The zero-order valence-electron chi connectivity index (χ0n) is 10.5. The van der Waals surface area contributed by atoms with Crippen molar-refractivity contribution in [1.29, 1.82) is 0 Å². The van der Waals surface area contributed by atoms with Gasteiger partial charge in [0.15, 0.2) is 0 Å². The molecule has 3 rings (SSSR count). The minimum absolute atomic E-state index is 0.0694. The smallest absolute Gasteiger partial charge is 0.258 e. The van der Waals surface area contributed by atoms with Crippen LogP contribution in [0.2, 0.25) is 0 Å². The van der Waals surface area contributed by atoms with Gasteiger partial charge < -0.3 is 10.3 Å². The van der Waals surface area contributed by atoms with E-state index in [2.05, 4.69) is 20.1 Å². The van der Waals surface area contributed by atoms with Crippen LogP contribution in [0.3, 0.4) is 0 Å². The molecular formula is C13H10FN5O. The van der Waals surface area contributed by atoms with E-state index in [0.717, 1.165) is 0 Å². The van der Waals surface area contributed by atoms with Crippen molar-refractivity contribution < 1.29 is 8.91 Å². The Morgan fingerprint density at radius 3 is 2.80 bits per heavy atom. The molecule has 0 aliphatic carbocycles. The van der Waals surface area contributed by atoms with Gasteiger partial charge in [0, 0.05) is 11.8 Å². The highest BCUT2D eigenvalue weighted by molar-refractivity contribution is 5.60. The average Bonchev–Trinajstić information content (AvgIpc) is 2.92. The van der Waals surface area contributed by atoms with Crippen LogP contribution < -0.4 is 5.73 Å². The van der Waals surface area contributed by atoms with E-state index in [1.165, 1.54) is 12.1 Å². The summed E-state index contributed by atoms with van der Waals surface area (Å²) in [5.74, 6) is 0.602. The molecule has 0 spiro atoms. The number of nitrogens with two attached hydrogens (primary N) is 1.